The summed E-state index contributed by atoms with van der Waals surface area (Å²) in [6.45, 7) is 11.3. The molecule has 0 saturated carbocycles. The molecule has 0 aliphatic carbocycles. The zero-order valence-corrected chi connectivity index (χ0v) is 14.4. The molecular formula is C21H21N3. The first-order valence-corrected chi connectivity index (χ1v) is 8.16. The van der Waals surface area contributed by atoms with Gasteiger partial charge in [-0.2, -0.15) is 5.26 Å². The van der Waals surface area contributed by atoms with Crippen LogP contribution in [-0.4, -0.2) is 9.55 Å². The highest BCUT2D eigenvalue weighted by Crippen LogP contribution is 2.31. The Morgan fingerprint density at radius 3 is 2.50 bits per heavy atom. The molecule has 0 aliphatic heterocycles. The van der Waals surface area contributed by atoms with Crippen molar-refractivity contribution in [1.29, 1.82) is 5.26 Å². The van der Waals surface area contributed by atoms with Gasteiger partial charge in [0.15, 0.2) is 0 Å². The fourth-order valence-corrected chi connectivity index (χ4v) is 2.89. The number of nitriles is 1. The summed E-state index contributed by atoms with van der Waals surface area (Å²) in [4.78, 5) is 4.82. The third kappa shape index (κ3) is 2.96. The lowest BCUT2D eigenvalue weighted by Crippen LogP contribution is -2.04. The van der Waals surface area contributed by atoms with Gasteiger partial charge in [0.25, 0.3) is 0 Å². The van der Waals surface area contributed by atoms with Gasteiger partial charge in [0.1, 0.15) is 5.65 Å². The molecule has 0 unspecified atom stereocenters. The zero-order valence-electron chi connectivity index (χ0n) is 14.4. The third-order valence-corrected chi connectivity index (χ3v) is 4.05. The Morgan fingerprint density at radius 2 is 1.92 bits per heavy atom. The lowest BCUT2D eigenvalue weighted by molar-refractivity contribution is 0.533. The van der Waals surface area contributed by atoms with Crippen LogP contribution < -0.4 is 0 Å². The fraction of sp³-hybridized carbons (Fsp3) is 0.238. The monoisotopic (exact) mass is 315 g/mol. The summed E-state index contributed by atoms with van der Waals surface area (Å²) in [5.74, 6) is 0.532. The number of nitrogens with zero attached hydrogens (tertiary/aromatic N) is 3. The average Bonchev–Trinajstić information content (AvgIpc) is 2.92. The highest BCUT2D eigenvalue weighted by molar-refractivity contribution is 5.94. The van der Waals surface area contributed by atoms with E-state index >= 15 is 0 Å². The molecule has 3 aromatic rings. The van der Waals surface area contributed by atoms with Gasteiger partial charge in [-0.25, -0.2) is 4.98 Å². The van der Waals surface area contributed by atoms with Gasteiger partial charge in [0.05, 0.1) is 17.3 Å². The minimum absolute atomic E-state index is 0.532. The van der Waals surface area contributed by atoms with Gasteiger partial charge in [0, 0.05) is 23.7 Å². The first kappa shape index (κ1) is 16.0. The number of pyridine rings is 1. The number of fused-ring (bicyclic) bond motifs is 1. The molecule has 0 N–H and O–H groups in total. The smallest absolute Gasteiger partial charge is 0.141 e. The SMILES string of the molecule is C=C(C)c1ccc2c(-c3ccc(C#N)cc3)cn(CC(C)C)c2n1. The van der Waals surface area contributed by atoms with E-state index in [-0.39, 0.29) is 0 Å². The molecule has 1 aromatic carbocycles. The number of hydrogen-bond donors (Lipinski definition) is 0. The highest BCUT2D eigenvalue weighted by Gasteiger charge is 2.13. The Hall–Kier alpha value is -2.86. The molecule has 0 amide bonds. The van der Waals surface area contributed by atoms with Gasteiger partial charge in [-0.05, 0) is 48.2 Å². The predicted octanol–water partition coefficient (Wildman–Crippen LogP) is 5.26. The van der Waals surface area contributed by atoms with Crippen LogP contribution in [0.15, 0.2) is 49.2 Å². The Kier molecular flexibility index (Phi) is 4.22. The molecule has 0 aliphatic rings. The van der Waals surface area contributed by atoms with Gasteiger partial charge in [-0.1, -0.05) is 32.6 Å². The Bertz CT molecular complexity index is 938. The van der Waals surface area contributed by atoms with Crippen LogP contribution in [0.5, 0.6) is 0 Å². The average molecular weight is 315 g/mol. The van der Waals surface area contributed by atoms with E-state index in [0.29, 0.717) is 11.5 Å². The molecule has 0 spiro atoms. The molecule has 24 heavy (non-hydrogen) atoms. The summed E-state index contributed by atoms with van der Waals surface area (Å²) >= 11 is 0. The molecule has 3 nitrogen and oxygen atoms in total. The summed E-state index contributed by atoms with van der Waals surface area (Å²) in [5, 5.41) is 10.1. The van der Waals surface area contributed by atoms with E-state index in [1.165, 1.54) is 0 Å². The minimum atomic E-state index is 0.532. The maximum Gasteiger partial charge on any atom is 0.141 e. The summed E-state index contributed by atoms with van der Waals surface area (Å²) in [7, 11) is 0. The van der Waals surface area contributed by atoms with Crippen LogP contribution >= 0.6 is 0 Å². The van der Waals surface area contributed by atoms with Crippen LogP contribution in [0.25, 0.3) is 27.7 Å². The van der Waals surface area contributed by atoms with Gasteiger partial charge in [-0.3, -0.25) is 0 Å². The summed E-state index contributed by atoms with van der Waals surface area (Å²) < 4.78 is 2.22. The van der Waals surface area contributed by atoms with E-state index in [1.54, 1.807) is 0 Å². The second-order valence-electron chi connectivity index (χ2n) is 6.63. The summed E-state index contributed by atoms with van der Waals surface area (Å²) in [6, 6.07) is 14.0. The van der Waals surface area contributed by atoms with Crippen LogP contribution in [0, 0.1) is 17.2 Å². The number of benzene rings is 1. The minimum Gasteiger partial charge on any atom is -0.332 e. The van der Waals surface area contributed by atoms with Crippen molar-refractivity contribution in [1.82, 2.24) is 9.55 Å². The number of aromatic nitrogens is 2. The van der Waals surface area contributed by atoms with Gasteiger partial charge >= 0.3 is 0 Å². The fourth-order valence-electron chi connectivity index (χ4n) is 2.89. The van der Waals surface area contributed by atoms with Crippen molar-refractivity contribution >= 4 is 16.6 Å². The van der Waals surface area contributed by atoms with Crippen LogP contribution in [0.4, 0.5) is 0 Å². The lowest BCUT2D eigenvalue weighted by atomic mass is 10.0. The van der Waals surface area contributed by atoms with Crippen molar-refractivity contribution in [2.75, 3.05) is 0 Å². The molecular weight excluding hydrogens is 294 g/mol. The topological polar surface area (TPSA) is 41.6 Å². The van der Waals surface area contributed by atoms with E-state index < -0.39 is 0 Å². The molecule has 0 fully saturated rings. The molecule has 120 valence electrons. The lowest BCUT2D eigenvalue weighted by Gasteiger charge is -2.08. The summed E-state index contributed by atoms with van der Waals surface area (Å²) in [5.41, 5.74) is 5.81. The Balaban J connectivity index is 2.20. The van der Waals surface area contributed by atoms with Crippen molar-refractivity contribution in [3.05, 3.63) is 60.4 Å². The molecule has 0 atom stereocenters. The van der Waals surface area contributed by atoms with Crippen molar-refractivity contribution in [3.8, 4) is 17.2 Å². The molecule has 2 aromatic heterocycles. The summed E-state index contributed by atoms with van der Waals surface area (Å²) in [6.07, 6.45) is 2.17. The van der Waals surface area contributed by atoms with Crippen molar-refractivity contribution in [2.45, 2.75) is 27.3 Å². The standard InChI is InChI=1S/C21H21N3/c1-14(2)12-24-13-19(17-7-5-16(11-22)6-8-17)18-9-10-20(15(3)4)23-21(18)24/h5-10,13-14H,3,12H2,1-2,4H3. The number of rotatable bonds is 4. The molecule has 0 radical (unpaired) electrons. The Labute approximate surface area is 142 Å². The second kappa shape index (κ2) is 6.33. The third-order valence-electron chi connectivity index (χ3n) is 4.05. The van der Waals surface area contributed by atoms with E-state index in [9.17, 15) is 0 Å². The highest BCUT2D eigenvalue weighted by atomic mass is 15.0. The largest absolute Gasteiger partial charge is 0.332 e. The van der Waals surface area contributed by atoms with E-state index in [1.807, 2.05) is 37.3 Å². The van der Waals surface area contributed by atoms with Crippen LogP contribution in [0.3, 0.4) is 0 Å². The maximum absolute atomic E-state index is 8.98. The number of hydrogen-bond acceptors (Lipinski definition) is 2. The van der Waals surface area contributed by atoms with E-state index in [0.717, 1.165) is 40.0 Å². The van der Waals surface area contributed by atoms with Gasteiger partial charge in [-0.15, -0.1) is 0 Å². The molecule has 2 heterocycles. The maximum atomic E-state index is 8.98. The molecule has 3 rings (SSSR count). The first-order valence-electron chi connectivity index (χ1n) is 8.16. The molecule has 3 heteroatoms. The van der Waals surface area contributed by atoms with Crippen LogP contribution in [0.2, 0.25) is 0 Å². The zero-order chi connectivity index (χ0) is 17.3. The van der Waals surface area contributed by atoms with Crippen LogP contribution in [0.1, 0.15) is 32.0 Å². The van der Waals surface area contributed by atoms with Crippen molar-refractivity contribution < 1.29 is 0 Å². The van der Waals surface area contributed by atoms with E-state index in [4.69, 9.17) is 10.2 Å². The van der Waals surface area contributed by atoms with Gasteiger partial charge < -0.3 is 4.57 Å². The Morgan fingerprint density at radius 1 is 1.21 bits per heavy atom. The quantitative estimate of drug-likeness (QED) is 0.658. The van der Waals surface area contributed by atoms with Crippen molar-refractivity contribution in [3.63, 3.8) is 0 Å². The molecule has 0 bridgehead atoms. The van der Waals surface area contributed by atoms with Crippen LogP contribution in [-0.2, 0) is 6.54 Å². The predicted molar refractivity (Wildman–Crippen MR) is 99.4 cm³/mol. The van der Waals surface area contributed by atoms with Crippen molar-refractivity contribution in [2.24, 2.45) is 5.92 Å². The number of allylic oxidation sites excluding steroid dienone is 1. The normalized spacial score (nSPS) is 11.0. The molecule has 0 saturated heterocycles. The van der Waals surface area contributed by atoms with E-state index in [2.05, 4.69) is 43.3 Å². The second-order valence-corrected chi connectivity index (χ2v) is 6.63. The van der Waals surface area contributed by atoms with Gasteiger partial charge in [0.2, 0.25) is 0 Å². The first-order chi connectivity index (χ1) is 11.5.